The molecule has 4 aliphatic rings. The molecule has 2 spiro atoms. The van der Waals surface area contributed by atoms with Crippen LogP contribution in [0.1, 0.15) is 97.1 Å². The number of benzene rings is 4. The van der Waals surface area contributed by atoms with E-state index in [1.54, 1.807) is 26.0 Å². The predicted octanol–water partition coefficient (Wildman–Crippen LogP) is 8.00. The van der Waals surface area contributed by atoms with Gasteiger partial charge in [-0.25, -0.2) is 18.4 Å². The number of rotatable bonds is 12. The summed E-state index contributed by atoms with van der Waals surface area (Å²) in [4.78, 5) is 58.3. The Hall–Kier alpha value is -5.54. The number of likely N-dealkylation sites (tertiary alicyclic amines) is 2. The van der Waals surface area contributed by atoms with Gasteiger partial charge in [-0.3, -0.25) is 9.59 Å². The molecule has 0 N–H and O–H groups in total. The maximum absolute atomic E-state index is 14.2. The number of para-hydroxylation sites is 2. The van der Waals surface area contributed by atoms with E-state index in [1.807, 2.05) is 36.4 Å². The van der Waals surface area contributed by atoms with Crippen molar-refractivity contribution >= 4 is 23.5 Å². The van der Waals surface area contributed by atoms with E-state index < -0.39 is 46.3 Å². The number of fused-ring (bicyclic) bond motifs is 2. The summed E-state index contributed by atoms with van der Waals surface area (Å²) in [6, 6.07) is 25.7. The summed E-state index contributed by atoms with van der Waals surface area (Å²) < 4.78 is 65.6. The molecule has 338 valence electrons. The lowest BCUT2D eigenvalue weighted by atomic mass is 9.83. The number of nitrogens with zero attached hydrogens (tertiary/aromatic N) is 2. The summed E-state index contributed by atoms with van der Waals surface area (Å²) in [5.74, 6) is -6.09. The summed E-state index contributed by atoms with van der Waals surface area (Å²) in [5, 5.41) is 0. The van der Waals surface area contributed by atoms with Gasteiger partial charge in [0.05, 0.1) is 13.2 Å². The smallest absolute Gasteiger partial charge is 0.420 e. The van der Waals surface area contributed by atoms with Gasteiger partial charge in [0.25, 0.3) is 11.6 Å². The van der Waals surface area contributed by atoms with Crippen LogP contribution < -0.4 is 9.47 Å². The Morgan fingerprint density at radius 3 is 1.28 bits per heavy atom. The SMILES string of the molecule is CC1(OC(=O)C(=O)OC2(C)Oc3ccccc3COC23CCN(CCCC(=O)c2ccc(F)cc2)CC3)Oc2ccccc2COC12CCN(CCCC(=O)c1ccc(F)cc1)CC2. The highest BCUT2D eigenvalue weighted by Gasteiger charge is 2.61. The van der Waals surface area contributed by atoms with Gasteiger partial charge in [0.2, 0.25) is 0 Å². The van der Waals surface area contributed by atoms with Crippen molar-refractivity contribution in [1.29, 1.82) is 0 Å². The first-order chi connectivity index (χ1) is 30.8. The van der Waals surface area contributed by atoms with Crippen LogP contribution in [0.4, 0.5) is 8.78 Å². The van der Waals surface area contributed by atoms with E-state index >= 15 is 0 Å². The molecule has 8 rings (SSSR count). The molecule has 2 fully saturated rings. The van der Waals surface area contributed by atoms with E-state index in [4.69, 9.17) is 28.4 Å². The molecule has 4 aromatic rings. The van der Waals surface area contributed by atoms with E-state index in [2.05, 4.69) is 9.80 Å². The molecular weight excluding hydrogens is 827 g/mol. The normalized spacial score (nSPS) is 22.8. The quantitative estimate of drug-likeness (QED) is 0.0777. The molecule has 14 heteroatoms. The molecule has 0 aromatic heterocycles. The predicted molar refractivity (Wildman–Crippen MR) is 229 cm³/mol. The molecule has 4 aromatic carbocycles. The van der Waals surface area contributed by atoms with Crippen LogP contribution in [0.2, 0.25) is 0 Å². The van der Waals surface area contributed by atoms with Crippen molar-refractivity contribution in [3.8, 4) is 11.5 Å². The van der Waals surface area contributed by atoms with Crippen LogP contribution in [0.15, 0.2) is 97.1 Å². The van der Waals surface area contributed by atoms with Crippen LogP contribution in [0.5, 0.6) is 11.5 Å². The first-order valence-corrected chi connectivity index (χ1v) is 22.1. The van der Waals surface area contributed by atoms with Gasteiger partial charge in [0.15, 0.2) is 11.6 Å². The fraction of sp³-hybridized carbons (Fsp3) is 0.440. The second-order valence-corrected chi connectivity index (χ2v) is 17.4. The van der Waals surface area contributed by atoms with Gasteiger partial charge in [-0.1, -0.05) is 36.4 Å². The minimum atomic E-state index is -1.77. The molecule has 0 saturated carbocycles. The first kappa shape index (κ1) is 45.0. The Bertz CT molecular complexity index is 2160. The average Bonchev–Trinajstić information content (AvgIpc) is 3.48. The average molecular weight is 881 g/mol. The van der Waals surface area contributed by atoms with Crippen molar-refractivity contribution in [1.82, 2.24) is 9.80 Å². The molecule has 2 saturated heterocycles. The van der Waals surface area contributed by atoms with Crippen molar-refractivity contribution in [2.75, 3.05) is 39.3 Å². The number of carbonyl (C=O) groups excluding carboxylic acids is 4. The second kappa shape index (κ2) is 18.9. The summed E-state index contributed by atoms with van der Waals surface area (Å²) in [6.07, 6.45) is 3.35. The summed E-state index contributed by atoms with van der Waals surface area (Å²) in [6.45, 7) is 7.02. The Morgan fingerprint density at radius 1 is 0.547 bits per heavy atom. The first-order valence-electron chi connectivity index (χ1n) is 22.1. The van der Waals surface area contributed by atoms with Crippen molar-refractivity contribution in [2.45, 2.75) is 101 Å². The van der Waals surface area contributed by atoms with E-state index in [0.717, 1.165) is 11.1 Å². The standard InChI is InChI=1S/C50H54F2N2O10/c1-47(49(59-33-37-9-3-5-13-43(37)61-47)23-29-53(30-24-49)27-7-11-41(55)35-15-19-39(51)20-16-35)63-45(57)46(58)64-48(2)50(60-34-38-10-4-6-14-44(38)62-48)25-31-54(32-26-50)28-8-12-42(56)36-17-21-40(52)22-18-36/h3-6,9-10,13-22H,7-8,11-12,23-34H2,1-2H3. The number of ether oxygens (including phenoxy) is 6. The summed E-state index contributed by atoms with van der Waals surface area (Å²) >= 11 is 0. The van der Waals surface area contributed by atoms with Gasteiger partial charge < -0.3 is 38.2 Å². The van der Waals surface area contributed by atoms with Gasteiger partial charge in [-0.05, 0) is 112 Å². The monoisotopic (exact) mass is 880 g/mol. The van der Waals surface area contributed by atoms with Crippen molar-refractivity contribution in [3.05, 3.63) is 131 Å². The molecule has 0 aliphatic carbocycles. The molecular formula is C50H54F2N2O10. The minimum Gasteiger partial charge on any atom is -0.449 e. The number of piperidine rings is 2. The highest BCUT2D eigenvalue weighted by Crippen LogP contribution is 2.47. The number of esters is 2. The van der Waals surface area contributed by atoms with Crippen LogP contribution >= 0.6 is 0 Å². The fourth-order valence-corrected chi connectivity index (χ4v) is 9.37. The zero-order chi connectivity index (χ0) is 45.0. The van der Waals surface area contributed by atoms with E-state index in [0.29, 0.717) is 113 Å². The molecule has 0 bridgehead atoms. The lowest BCUT2D eigenvalue weighted by Crippen LogP contribution is -2.65. The van der Waals surface area contributed by atoms with Crippen LogP contribution in [-0.4, -0.2) is 95.3 Å². The van der Waals surface area contributed by atoms with Crippen molar-refractivity contribution in [2.24, 2.45) is 0 Å². The highest BCUT2D eigenvalue weighted by atomic mass is 19.1. The number of halogens is 2. The molecule has 2 unspecified atom stereocenters. The number of hydrogen-bond donors (Lipinski definition) is 0. The number of hydrogen-bond acceptors (Lipinski definition) is 12. The maximum Gasteiger partial charge on any atom is 0.420 e. The number of Topliss-reactive ketones (excluding diaryl/α,β-unsaturated/α-hetero) is 2. The second-order valence-electron chi connectivity index (χ2n) is 17.4. The fourth-order valence-electron chi connectivity index (χ4n) is 9.37. The maximum atomic E-state index is 14.2. The zero-order valence-electron chi connectivity index (χ0n) is 36.3. The molecule has 4 heterocycles. The number of carbonyl (C=O) groups is 4. The molecule has 2 atom stereocenters. The van der Waals surface area contributed by atoms with Crippen LogP contribution in [-0.2, 0) is 41.8 Å². The Morgan fingerprint density at radius 2 is 0.906 bits per heavy atom. The highest BCUT2D eigenvalue weighted by molar-refractivity contribution is 6.30. The van der Waals surface area contributed by atoms with Crippen LogP contribution in [0.25, 0.3) is 0 Å². The third-order valence-electron chi connectivity index (χ3n) is 13.4. The Kier molecular flexibility index (Phi) is 13.3. The summed E-state index contributed by atoms with van der Waals surface area (Å²) in [5.41, 5.74) is 0.134. The Balaban J connectivity index is 0.942. The van der Waals surface area contributed by atoms with E-state index in [9.17, 15) is 28.0 Å². The Labute approximate surface area is 371 Å². The number of ketones is 2. The minimum absolute atomic E-state index is 0.0570. The van der Waals surface area contributed by atoms with Gasteiger partial charge in [0, 0.05) is 75.1 Å². The third-order valence-corrected chi connectivity index (χ3v) is 13.4. The van der Waals surface area contributed by atoms with E-state index in [-0.39, 0.29) is 24.8 Å². The molecule has 0 amide bonds. The van der Waals surface area contributed by atoms with Gasteiger partial charge in [-0.2, -0.15) is 0 Å². The van der Waals surface area contributed by atoms with Gasteiger partial charge in [0.1, 0.15) is 34.3 Å². The lowest BCUT2D eigenvalue weighted by Gasteiger charge is -2.50. The third kappa shape index (κ3) is 9.61. The summed E-state index contributed by atoms with van der Waals surface area (Å²) in [7, 11) is 0. The molecule has 0 radical (unpaired) electrons. The van der Waals surface area contributed by atoms with Crippen LogP contribution in [0, 0.1) is 11.6 Å². The van der Waals surface area contributed by atoms with Crippen LogP contribution in [0.3, 0.4) is 0 Å². The van der Waals surface area contributed by atoms with E-state index in [1.165, 1.54) is 48.5 Å². The van der Waals surface area contributed by atoms with Crippen molar-refractivity contribution < 1.29 is 56.4 Å². The zero-order valence-corrected chi connectivity index (χ0v) is 36.3. The van der Waals surface area contributed by atoms with Gasteiger partial charge >= 0.3 is 11.9 Å². The molecule has 64 heavy (non-hydrogen) atoms. The lowest BCUT2D eigenvalue weighted by molar-refractivity contribution is -0.297. The molecule has 12 nitrogen and oxygen atoms in total. The largest absolute Gasteiger partial charge is 0.449 e. The van der Waals surface area contributed by atoms with Crippen molar-refractivity contribution in [3.63, 3.8) is 0 Å². The van der Waals surface area contributed by atoms with Gasteiger partial charge in [-0.15, -0.1) is 0 Å². The molecule has 4 aliphatic heterocycles. The topological polar surface area (TPSA) is 130 Å².